The van der Waals surface area contributed by atoms with Crippen LogP contribution in [-0.4, -0.2) is 23.1 Å². The number of para-hydroxylation sites is 1. The van der Waals surface area contributed by atoms with Crippen molar-refractivity contribution in [1.29, 1.82) is 0 Å². The third-order valence-electron chi connectivity index (χ3n) is 3.18. The second-order valence-electron chi connectivity index (χ2n) is 5.25. The van der Waals surface area contributed by atoms with Gasteiger partial charge in [0.1, 0.15) is 0 Å². The summed E-state index contributed by atoms with van der Waals surface area (Å²) in [4.78, 5) is 11.0. The monoisotopic (exact) mass is 270 g/mol. The largest absolute Gasteiger partial charge is 0.328 e. The van der Waals surface area contributed by atoms with E-state index in [1.807, 2.05) is 25.4 Å². The van der Waals surface area contributed by atoms with E-state index in [0.29, 0.717) is 6.04 Å². The first-order valence-corrected chi connectivity index (χ1v) is 6.91. The van der Waals surface area contributed by atoms with Crippen LogP contribution in [0.3, 0.4) is 0 Å². The molecule has 0 atom stereocenters. The zero-order valence-electron chi connectivity index (χ0n) is 12.6. The van der Waals surface area contributed by atoms with Gasteiger partial charge in [0, 0.05) is 31.5 Å². The molecule has 0 saturated carbocycles. The molecule has 0 fully saturated rings. The van der Waals surface area contributed by atoms with Gasteiger partial charge in [0.25, 0.3) is 0 Å². The number of rotatable bonds is 5. The summed E-state index contributed by atoms with van der Waals surface area (Å²) in [6, 6.07) is 8.71. The number of anilines is 2. The van der Waals surface area contributed by atoms with Gasteiger partial charge in [-0.3, -0.25) is 4.98 Å². The number of aryl methyl sites for hydroxylation is 1. The SMILES string of the molecule is Cc1ccccc1N(C)c1cncc(CNC(C)C)n1. The van der Waals surface area contributed by atoms with Crippen molar-refractivity contribution in [2.24, 2.45) is 0 Å². The number of hydrogen-bond acceptors (Lipinski definition) is 4. The molecule has 1 aromatic carbocycles. The summed E-state index contributed by atoms with van der Waals surface area (Å²) >= 11 is 0. The van der Waals surface area contributed by atoms with Crippen molar-refractivity contribution in [3.8, 4) is 0 Å². The Labute approximate surface area is 120 Å². The number of aromatic nitrogens is 2. The summed E-state index contributed by atoms with van der Waals surface area (Å²) in [7, 11) is 2.02. The van der Waals surface area contributed by atoms with Crippen molar-refractivity contribution < 1.29 is 0 Å². The molecule has 2 rings (SSSR count). The molecule has 1 aromatic heterocycles. The van der Waals surface area contributed by atoms with Crippen LogP contribution >= 0.6 is 0 Å². The predicted octanol–water partition coefficient (Wildman–Crippen LogP) is 3.05. The molecule has 0 unspecified atom stereocenters. The smallest absolute Gasteiger partial charge is 0.151 e. The maximum Gasteiger partial charge on any atom is 0.151 e. The van der Waals surface area contributed by atoms with Crippen LogP contribution in [0.4, 0.5) is 11.5 Å². The summed E-state index contributed by atoms with van der Waals surface area (Å²) in [5.41, 5.74) is 3.33. The van der Waals surface area contributed by atoms with Crippen molar-refractivity contribution >= 4 is 11.5 Å². The van der Waals surface area contributed by atoms with Crippen LogP contribution < -0.4 is 10.2 Å². The van der Waals surface area contributed by atoms with E-state index in [9.17, 15) is 0 Å². The molecule has 0 aliphatic carbocycles. The fourth-order valence-corrected chi connectivity index (χ4v) is 2.01. The average Bonchev–Trinajstić information content (AvgIpc) is 2.45. The molecule has 2 aromatic rings. The molecule has 20 heavy (non-hydrogen) atoms. The molecule has 4 heteroatoms. The van der Waals surface area contributed by atoms with Gasteiger partial charge < -0.3 is 10.2 Å². The quantitative estimate of drug-likeness (QED) is 0.906. The lowest BCUT2D eigenvalue weighted by Gasteiger charge is -2.20. The number of nitrogens with zero attached hydrogens (tertiary/aromatic N) is 3. The first-order chi connectivity index (χ1) is 9.58. The maximum absolute atomic E-state index is 4.66. The predicted molar refractivity (Wildman–Crippen MR) is 83.2 cm³/mol. The van der Waals surface area contributed by atoms with Gasteiger partial charge in [-0.25, -0.2) is 4.98 Å². The third kappa shape index (κ3) is 3.54. The van der Waals surface area contributed by atoms with Gasteiger partial charge in [0.2, 0.25) is 0 Å². The van der Waals surface area contributed by atoms with Crippen LogP contribution in [0, 0.1) is 6.92 Å². The molecule has 0 saturated heterocycles. The van der Waals surface area contributed by atoms with E-state index in [1.54, 1.807) is 6.20 Å². The van der Waals surface area contributed by atoms with Crippen LogP contribution in [-0.2, 0) is 6.54 Å². The minimum atomic E-state index is 0.439. The van der Waals surface area contributed by atoms with Crippen molar-refractivity contribution in [2.45, 2.75) is 33.4 Å². The lowest BCUT2D eigenvalue weighted by atomic mass is 10.2. The molecule has 0 aliphatic heterocycles. The van der Waals surface area contributed by atoms with Gasteiger partial charge in [-0.15, -0.1) is 0 Å². The number of nitrogens with one attached hydrogen (secondary N) is 1. The van der Waals surface area contributed by atoms with E-state index in [-0.39, 0.29) is 0 Å². The number of hydrogen-bond donors (Lipinski definition) is 1. The van der Waals surface area contributed by atoms with E-state index in [4.69, 9.17) is 0 Å². The third-order valence-corrected chi connectivity index (χ3v) is 3.18. The van der Waals surface area contributed by atoms with E-state index >= 15 is 0 Å². The summed E-state index contributed by atoms with van der Waals surface area (Å²) in [5, 5.41) is 3.36. The van der Waals surface area contributed by atoms with Crippen LogP contribution in [0.1, 0.15) is 25.1 Å². The first kappa shape index (κ1) is 14.5. The molecule has 0 spiro atoms. The minimum absolute atomic E-state index is 0.439. The Morgan fingerprint density at radius 1 is 1.20 bits per heavy atom. The fraction of sp³-hybridized carbons (Fsp3) is 0.375. The van der Waals surface area contributed by atoms with Gasteiger partial charge in [-0.2, -0.15) is 0 Å². The van der Waals surface area contributed by atoms with Gasteiger partial charge in [-0.05, 0) is 18.6 Å². The first-order valence-electron chi connectivity index (χ1n) is 6.91. The van der Waals surface area contributed by atoms with Crippen LogP contribution in [0.5, 0.6) is 0 Å². The highest BCUT2D eigenvalue weighted by molar-refractivity contribution is 5.62. The highest BCUT2D eigenvalue weighted by Crippen LogP contribution is 2.24. The summed E-state index contributed by atoms with van der Waals surface area (Å²) in [5.74, 6) is 0.863. The van der Waals surface area contributed by atoms with Gasteiger partial charge >= 0.3 is 0 Å². The lowest BCUT2D eigenvalue weighted by Crippen LogP contribution is -2.23. The van der Waals surface area contributed by atoms with Crippen LogP contribution in [0.2, 0.25) is 0 Å². The van der Waals surface area contributed by atoms with E-state index in [2.05, 4.69) is 53.1 Å². The van der Waals surface area contributed by atoms with Crippen molar-refractivity contribution in [2.75, 3.05) is 11.9 Å². The molecular weight excluding hydrogens is 248 g/mol. The lowest BCUT2D eigenvalue weighted by molar-refractivity contribution is 0.580. The Morgan fingerprint density at radius 2 is 1.95 bits per heavy atom. The molecule has 0 aliphatic rings. The summed E-state index contributed by atoms with van der Waals surface area (Å²) in [6.45, 7) is 7.08. The Kier molecular flexibility index (Phi) is 4.69. The topological polar surface area (TPSA) is 41.1 Å². The fourth-order valence-electron chi connectivity index (χ4n) is 2.01. The molecule has 0 bridgehead atoms. The summed E-state index contributed by atoms with van der Waals surface area (Å²) < 4.78 is 0. The number of benzene rings is 1. The molecule has 106 valence electrons. The molecular formula is C16H22N4. The molecule has 0 radical (unpaired) electrons. The van der Waals surface area contributed by atoms with Gasteiger partial charge in [-0.1, -0.05) is 32.0 Å². The molecule has 0 amide bonds. The Hall–Kier alpha value is -1.94. The highest BCUT2D eigenvalue weighted by Gasteiger charge is 2.09. The normalized spacial score (nSPS) is 10.8. The minimum Gasteiger partial charge on any atom is -0.328 e. The van der Waals surface area contributed by atoms with Crippen LogP contribution in [0.15, 0.2) is 36.7 Å². The highest BCUT2D eigenvalue weighted by atomic mass is 15.2. The Balaban J connectivity index is 2.20. The van der Waals surface area contributed by atoms with Crippen molar-refractivity contribution in [3.05, 3.63) is 47.9 Å². The Morgan fingerprint density at radius 3 is 2.65 bits per heavy atom. The second kappa shape index (κ2) is 6.48. The van der Waals surface area contributed by atoms with Crippen LogP contribution in [0.25, 0.3) is 0 Å². The van der Waals surface area contributed by atoms with Crippen molar-refractivity contribution in [3.63, 3.8) is 0 Å². The summed E-state index contributed by atoms with van der Waals surface area (Å²) in [6.07, 6.45) is 3.61. The maximum atomic E-state index is 4.66. The standard InChI is InChI=1S/C16H22N4/c1-12(2)18-10-14-9-17-11-16(19-14)20(4)15-8-6-5-7-13(15)3/h5-9,11-12,18H,10H2,1-4H3. The second-order valence-corrected chi connectivity index (χ2v) is 5.25. The molecule has 4 nitrogen and oxygen atoms in total. The molecule has 1 N–H and O–H groups in total. The van der Waals surface area contributed by atoms with E-state index in [1.165, 1.54) is 5.56 Å². The zero-order chi connectivity index (χ0) is 14.5. The van der Waals surface area contributed by atoms with Crippen molar-refractivity contribution in [1.82, 2.24) is 15.3 Å². The van der Waals surface area contributed by atoms with Gasteiger partial charge in [0.05, 0.1) is 11.9 Å². The average molecular weight is 270 g/mol. The Bertz CT molecular complexity index is 566. The van der Waals surface area contributed by atoms with Gasteiger partial charge in [0.15, 0.2) is 5.82 Å². The molecule has 1 heterocycles. The van der Waals surface area contributed by atoms with E-state index in [0.717, 1.165) is 23.7 Å². The zero-order valence-corrected chi connectivity index (χ0v) is 12.6. The van der Waals surface area contributed by atoms with E-state index < -0.39 is 0 Å².